The van der Waals surface area contributed by atoms with Crippen LogP contribution in [0.3, 0.4) is 0 Å². The third-order valence-corrected chi connectivity index (χ3v) is 3.61. The van der Waals surface area contributed by atoms with E-state index in [-0.39, 0.29) is 17.9 Å². The fourth-order valence-electron chi connectivity index (χ4n) is 2.21. The number of piperidine rings is 1. The van der Waals surface area contributed by atoms with E-state index < -0.39 is 0 Å². The normalized spacial score (nSPS) is 20.5. The van der Waals surface area contributed by atoms with Crippen LogP contribution in [0.4, 0.5) is 0 Å². The summed E-state index contributed by atoms with van der Waals surface area (Å²) in [6.45, 7) is 6.89. The zero-order chi connectivity index (χ0) is 12.8. The van der Waals surface area contributed by atoms with Crippen molar-refractivity contribution in [3.63, 3.8) is 0 Å². The topological polar surface area (TPSA) is 41.6 Å². The highest BCUT2D eigenvalue weighted by molar-refractivity contribution is 5.78. The van der Waals surface area contributed by atoms with Gasteiger partial charge in [0.2, 0.25) is 5.91 Å². The molecule has 1 saturated heterocycles. The SMILES string of the molecule is COC(CNC(=O)C1CCN(C)CC1)C(C)C. The number of nitrogens with zero attached hydrogens (tertiary/aromatic N) is 1. The molecule has 1 fully saturated rings. The Hall–Kier alpha value is -0.610. The van der Waals surface area contributed by atoms with Gasteiger partial charge in [0.05, 0.1) is 6.10 Å². The molecule has 0 saturated carbocycles. The van der Waals surface area contributed by atoms with Crippen molar-refractivity contribution in [2.24, 2.45) is 11.8 Å². The molecule has 1 rings (SSSR count). The van der Waals surface area contributed by atoms with E-state index in [1.54, 1.807) is 7.11 Å². The molecule has 17 heavy (non-hydrogen) atoms. The van der Waals surface area contributed by atoms with Crippen molar-refractivity contribution in [3.05, 3.63) is 0 Å². The minimum absolute atomic E-state index is 0.116. The smallest absolute Gasteiger partial charge is 0.223 e. The van der Waals surface area contributed by atoms with Crippen LogP contribution in [-0.2, 0) is 9.53 Å². The number of amides is 1. The van der Waals surface area contributed by atoms with E-state index in [0.717, 1.165) is 25.9 Å². The number of rotatable bonds is 5. The van der Waals surface area contributed by atoms with Gasteiger partial charge in [-0.15, -0.1) is 0 Å². The summed E-state index contributed by atoms with van der Waals surface area (Å²) in [7, 11) is 3.81. The van der Waals surface area contributed by atoms with Crippen LogP contribution in [0.1, 0.15) is 26.7 Å². The lowest BCUT2D eigenvalue weighted by molar-refractivity contribution is -0.127. The highest BCUT2D eigenvalue weighted by Crippen LogP contribution is 2.16. The predicted molar refractivity (Wildman–Crippen MR) is 68.9 cm³/mol. The summed E-state index contributed by atoms with van der Waals surface area (Å²) in [4.78, 5) is 14.2. The quantitative estimate of drug-likeness (QED) is 0.785. The molecule has 1 N–H and O–H groups in total. The molecule has 4 heteroatoms. The molecule has 4 nitrogen and oxygen atoms in total. The minimum atomic E-state index is 0.116. The lowest BCUT2D eigenvalue weighted by atomic mass is 9.96. The largest absolute Gasteiger partial charge is 0.379 e. The maximum Gasteiger partial charge on any atom is 0.223 e. The van der Waals surface area contributed by atoms with Crippen LogP contribution < -0.4 is 5.32 Å². The number of methoxy groups -OCH3 is 1. The molecule has 1 aliphatic rings. The minimum Gasteiger partial charge on any atom is -0.379 e. The van der Waals surface area contributed by atoms with Gasteiger partial charge < -0.3 is 15.0 Å². The third-order valence-electron chi connectivity index (χ3n) is 3.61. The van der Waals surface area contributed by atoms with Gasteiger partial charge in [0.15, 0.2) is 0 Å². The summed E-state index contributed by atoms with van der Waals surface area (Å²) in [6.07, 6.45) is 2.06. The van der Waals surface area contributed by atoms with Gasteiger partial charge in [0.25, 0.3) is 0 Å². The molecule has 1 atom stereocenters. The van der Waals surface area contributed by atoms with E-state index in [0.29, 0.717) is 12.5 Å². The van der Waals surface area contributed by atoms with Gasteiger partial charge in [-0.05, 0) is 38.9 Å². The first-order chi connectivity index (χ1) is 8.04. The van der Waals surface area contributed by atoms with E-state index >= 15 is 0 Å². The van der Waals surface area contributed by atoms with Crippen LogP contribution in [-0.4, -0.2) is 50.7 Å². The zero-order valence-electron chi connectivity index (χ0n) is 11.5. The highest BCUT2D eigenvalue weighted by Gasteiger charge is 2.24. The Morgan fingerprint density at radius 1 is 1.41 bits per heavy atom. The predicted octanol–water partition coefficient (Wildman–Crippen LogP) is 1.12. The molecule has 1 aliphatic heterocycles. The maximum absolute atomic E-state index is 12.0. The number of hydrogen-bond acceptors (Lipinski definition) is 3. The lowest BCUT2D eigenvalue weighted by Crippen LogP contribution is -2.42. The molecular weight excluding hydrogens is 216 g/mol. The van der Waals surface area contributed by atoms with Crippen molar-refractivity contribution < 1.29 is 9.53 Å². The Bertz CT molecular complexity index is 236. The average Bonchev–Trinajstić information content (AvgIpc) is 2.30. The molecule has 0 aromatic heterocycles. The van der Waals surface area contributed by atoms with Crippen molar-refractivity contribution in [1.82, 2.24) is 10.2 Å². The van der Waals surface area contributed by atoms with Crippen LogP contribution in [0.2, 0.25) is 0 Å². The molecule has 0 spiro atoms. The Morgan fingerprint density at radius 2 is 2.00 bits per heavy atom. The van der Waals surface area contributed by atoms with Gasteiger partial charge in [0, 0.05) is 19.6 Å². The lowest BCUT2D eigenvalue weighted by Gasteiger charge is -2.28. The second-order valence-electron chi connectivity index (χ2n) is 5.34. The van der Waals surface area contributed by atoms with Crippen molar-refractivity contribution in [3.8, 4) is 0 Å². The third kappa shape index (κ3) is 4.64. The first kappa shape index (κ1) is 14.5. The Morgan fingerprint density at radius 3 is 2.47 bits per heavy atom. The van der Waals surface area contributed by atoms with Gasteiger partial charge in [-0.25, -0.2) is 0 Å². The molecule has 1 unspecified atom stereocenters. The van der Waals surface area contributed by atoms with Crippen LogP contribution >= 0.6 is 0 Å². The molecular formula is C13H26N2O2. The fourth-order valence-corrected chi connectivity index (χ4v) is 2.21. The molecule has 100 valence electrons. The number of ether oxygens (including phenoxy) is 1. The second kappa shape index (κ2) is 6.97. The second-order valence-corrected chi connectivity index (χ2v) is 5.34. The fraction of sp³-hybridized carbons (Fsp3) is 0.923. The monoisotopic (exact) mass is 242 g/mol. The molecule has 0 aromatic rings. The Labute approximate surface area is 105 Å². The summed E-state index contributed by atoms with van der Waals surface area (Å²) in [5.41, 5.74) is 0. The maximum atomic E-state index is 12.0. The first-order valence-electron chi connectivity index (χ1n) is 6.53. The summed E-state index contributed by atoms with van der Waals surface area (Å²) in [6, 6.07) is 0. The van der Waals surface area contributed by atoms with E-state index in [4.69, 9.17) is 4.74 Å². The van der Waals surface area contributed by atoms with Crippen LogP contribution in [0, 0.1) is 11.8 Å². The molecule has 0 bridgehead atoms. The summed E-state index contributed by atoms with van der Waals surface area (Å²) in [5, 5.41) is 3.02. The molecule has 0 radical (unpaired) electrons. The van der Waals surface area contributed by atoms with Crippen LogP contribution in [0.5, 0.6) is 0 Å². The van der Waals surface area contributed by atoms with Crippen molar-refractivity contribution in [2.45, 2.75) is 32.8 Å². The summed E-state index contributed by atoms with van der Waals surface area (Å²) < 4.78 is 5.34. The first-order valence-corrected chi connectivity index (χ1v) is 6.53. The van der Waals surface area contributed by atoms with Crippen LogP contribution in [0.15, 0.2) is 0 Å². The number of carbonyl (C=O) groups excluding carboxylic acids is 1. The van der Waals surface area contributed by atoms with E-state index in [9.17, 15) is 4.79 Å². The number of hydrogen-bond donors (Lipinski definition) is 1. The van der Waals surface area contributed by atoms with Gasteiger partial charge in [-0.1, -0.05) is 13.8 Å². The molecule has 1 heterocycles. The van der Waals surface area contributed by atoms with E-state index in [2.05, 4.69) is 31.1 Å². The molecule has 0 aliphatic carbocycles. The average molecular weight is 242 g/mol. The van der Waals surface area contributed by atoms with Crippen molar-refractivity contribution in [2.75, 3.05) is 33.8 Å². The summed E-state index contributed by atoms with van der Waals surface area (Å²) >= 11 is 0. The number of nitrogens with one attached hydrogen (secondary N) is 1. The van der Waals surface area contributed by atoms with Crippen molar-refractivity contribution in [1.29, 1.82) is 0 Å². The van der Waals surface area contributed by atoms with Crippen molar-refractivity contribution >= 4 is 5.91 Å². The van der Waals surface area contributed by atoms with E-state index in [1.807, 2.05) is 0 Å². The Kier molecular flexibility index (Phi) is 5.92. The van der Waals surface area contributed by atoms with Crippen LogP contribution in [0.25, 0.3) is 0 Å². The number of carbonyl (C=O) groups is 1. The zero-order valence-corrected chi connectivity index (χ0v) is 11.5. The van der Waals surface area contributed by atoms with Gasteiger partial charge >= 0.3 is 0 Å². The molecule has 1 amide bonds. The van der Waals surface area contributed by atoms with Gasteiger partial charge in [-0.3, -0.25) is 4.79 Å². The van der Waals surface area contributed by atoms with Gasteiger partial charge in [-0.2, -0.15) is 0 Å². The van der Waals surface area contributed by atoms with E-state index in [1.165, 1.54) is 0 Å². The van der Waals surface area contributed by atoms with Gasteiger partial charge in [0.1, 0.15) is 0 Å². The standard InChI is InChI=1S/C13H26N2O2/c1-10(2)12(17-4)9-14-13(16)11-5-7-15(3)8-6-11/h10-12H,5-9H2,1-4H3,(H,14,16). The Balaban J connectivity index is 2.29. The number of likely N-dealkylation sites (tertiary alicyclic amines) is 1. The summed E-state index contributed by atoms with van der Waals surface area (Å²) in [5.74, 6) is 0.814. The highest BCUT2D eigenvalue weighted by atomic mass is 16.5. The molecule has 0 aromatic carbocycles.